The molecule has 0 spiro atoms. The molecule has 1 aromatic carbocycles. The number of amides is 1. The highest BCUT2D eigenvalue weighted by Crippen LogP contribution is 2.60. The fourth-order valence-electron chi connectivity index (χ4n) is 4.47. The third kappa shape index (κ3) is 8.21. The minimum absolute atomic E-state index is 0.0831. The summed E-state index contributed by atoms with van der Waals surface area (Å²) < 4.78 is 19.1. The van der Waals surface area contributed by atoms with E-state index in [1.54, 1.807) is 6.92 Å². The second-order valence-corrected chi connectivity index (χ2v) is 11.3. The minimum Gasteiger partial charge on any atom is -0.479 e. The third-order valence-electron chi connectivity index (χ3n) is 6.58. The fourth-order valence-corrected chi connectivity index (χ4v) is 6.21. The molecular formula is C24H39N2O6P. The summed E-state index contributed by atoms with van der Waals surface area (Å²) in [7, 11) is -4.55. The molecule has 8 nitrogen and oxygen atoms in total. The average Bonchev–Trinajstić information content (AvgIpc) is 3.07. The van der Waals surface area contributed by atoms with Gasteiger partial charge in [0.2, 0.25) is 5.91 Å². The minimum atomic E-state index is -4.55. The van der Waals surface area contributed by atoms with Crippen LogP contribution in [0.3, 0.4) is 0 Å². The fraction of sp³-hybridized carbons (Fsp3) is 0.667. The maximum Gasteiger partial charge on any atom is 0.354 e. The lowest BCUT2D eigenvalue weighted by Crippen LogP contribution is -2.52. The molecule has 0 radical (unpaired) electrons. The predicted molar refractivity (Wildman–Crippen MR) is 128 cm³/mol. The van der Waals surface area contributed by atoms with Gasteiger partial charge in [0.1, 0.15) is 5.28 Å². The number of aryl methyl sites for hydroxylation is 1. The Bertz CT molecular complexity index is 797. The van der Waals surface area contributed by atoms with E-state index in [9.17, 15) is 24.2 Å². The van der Waals surface area contributed by atoms with Crippen LogP contribution in [-0.4, -0.2) is 39.8 Å². The van der Waals surface area contributed by atoms with Crippen molar-refractivity contribution in [2.45, 2.75) is 88.9 Å². The molecule has 2 rings (SSSR count). The van der Waals surface area contributed by atoms with Gasteiger partial charge in [0.25, 0.3) is 0 Å². The first-order valence-corrected chi connectivity index (χ1v) is 13.6. The molecule has 1 aliphatic rings. The van der Waals surface area contributed by atoms with Crippen LogP contribution >= 0.6 is 7.60 Å². The van der Waals surface area contributed by atoms with Crippen LogP contribution in [0.5, 0.6) is 0 Å². The summed E-state index contributed by atoms with van der Waals surface area (Å²) in [5.41, 5.74) is 6.48. The zero-order valence-corrected chi connectivity index (χ0v) is 20.5. The first-order chi connectivity index (χ1) is 15.7. The molecule has 1 amide bonds. The number of nitrogens with one attached hydrogen (secondary N) is 1. The van der Waals surface area contributed by atoms with Gasteiger partial charge in [-0.25, -0.2) is 4.79 Å². The van der Waals surface area contributed by atoms with E-state index in [2.05, 4.69) is 5.32 Å². The van der Waals surface area contributed by atoms with Crippen molar-refractivity contribution in [3.05, 3.63) is 35.9 Å². The van der Waals surface area contributed by atoms with E-state index >= 15 is 0 Å². The number of carboxylic acid groups (broad SMARTS) is 1. The van der Waals surface area contributed by atoms with Crippen molar-refractivity contribution in [1.29, 1.82) is 0 Å². The topological polar surface area (TPSA) is 139 Å². The lowest BCUT2D eigenvalue weighted by atomic mass is 9.92. The van der Waals surface area contributed by atoms with Gasteiger partial charge in [-0.15, -0.1) is 0 Å². The molecule has 186 valence electrons. The van der Waals surface area contributed by atoms with Gasteiger partial charge in [0.15, 0.2) is 6.10 Å². The van der Waals surface area contributed by atoms with Crippen LogP contribution in [0.25, 0.3) is 0 Å². The summed E-state index contributed by atoms with van der Waals surface area (Å²) in [6, 6.07) is 9.55. The van der Waals surface area contributed by atoms with Crippen molar-refractivity contribution in [3.63, 3.8) is 0 Å². The summed E-state index contributed by atoms with van der Waals surface area (Å²) in [4.78, 5) is 35.8. The second kappa shape index (κ2) is 13.2. The number of aliphatic carboxylic acids is 1. The van der Waals surface area contributed by atoms with Crippen molar-refractivity contribution >= 4 is 19.5 Å². The number of unbranched alkanes of at least 4 members (excludes halogenated alkanes) is 1. The molecular weight excluding hydrogens is 443 g/mol. The molecule has 1 saturated carbocycles. The first kappa shape index (κ1) is 27.5. The van der Waals surface area contributed by atoms with E-state index in [1.165, 1.54) is 0 Å². The third-order valence-corrected chi connectivity index (χ3v) is 8.77. The van der Waals surface area contributed by atoms with Gasteiger partial charge in [-0.3, -0.25) is 13.9 Å². The van der Waals surface area contributed by atoms with Crippen molar-refractivity contribution in [2.75, 3.05) is 6.54 Å². The van der Waals surface area contributed by atoms with Crippen molar-refractivity contribution in [1.82, 2.24) is 5.32 Å². The van der Waals surface area contributed by atoms with Gasteiger partial charge in [-0.05, 0) is 63.5 Å². The Morgan fingerprint density at radius 2 is 1.82 bits per heavy atom. The Labute approximate surface area is 196 Å². The molecule has 0 saturated heterocycles. The normalized spacial score (nSPS) is 19.6. The maximum absolute atomic E-state index is 13.6. The van der Waals surface area contributed by atoms with E-state index in [0.29, 0.717) is 38.6 Å². The highest BCUT2D eigenvalue weighted by atomic mass is 31.2. The van der Waals surface area contributed by atoms with Crippen LogP contribution in [-0.2, 0) is 25.1 Å². The van der Waals surface area contributed by atoms with Crippen LogP contribution in [0.15, 0.2) is 30.3 Å². The smallest absolute Gasteiger partial charge is 0.354 e. The molecule has 0 heterocycles. The highest BCUT2D eigenvalue weighted by Gasteiger charge is 2.53. The predicted octanol–water partition coefficient (Wildman–Crippen LogP) is 4.21. The summed E-state index contributed by atoms with van der Waals surface area (Å²) in [5, 5.41) is 10.8. The number of rotatable bonds is 13. The van der Waals surface area contributed by atoms with Crippen LogP contribution in [0.1, 0.15) is 76.7 Å². The molecule has 0 bridgehead atoms. The van der Waals surface area contributed by atoms with Gasteiger partial charge < -0.3 is 21.1 Å². The quantitative estimate of drug-likeness (QED) is 0.188. The summed E-state index contributed by atoms with van der Waals surface area (Å²) >= 11 is 0. The summed E-state index contributed by atoms with van der Waals surface area (Å²) in [5.74, 6) is -1.92. The van der Waals surface area contributed by atoms with Gasteiger partial charge in [-0.1, -0.05) is 56.0 Å². The SMILES string of the molecule is CC(NC(=O)CCc1ccccc1)(C1CCCCCC1)P(=O)(O)O[C@@H](CCCCN)C(=O)O. The first-order valence-electron chi connectivity index (χ1n) is 12.0. The number of carbonyl (C=O) groups excluding carboxylic acids is 1. The molecule has 1 aromatic rings. The van der Waals surface area contributed by atoms with E-state index < -0.39 is 24.9 Å². The average molecular weight is 483 g/mol. The van der Waals surface area contributed by atoms with Crippen molar-refractivity contribution in [3.8, 4) is 0 Å². The number of benzene rings is 1. The molecule has 2 unspecified atom stereocenters. The van der Waals surface area contributed by atoms with E-state index in [0.717, 1.165) is 31.2 Å². The van der Waals surface area contributed by atoms with Crippen LogP contribution in [0, 0.1) is 5.92 Å². The molecule has 5 N–H and O–H groups in total. The Morgan fingerprint density at radius 1 is 1.18 bits per heavy atom. The summed E-state index contributed by atoms with van der Waals surface area (Å²) in [6.45, 7) is 1.95. The monoisotopic (exact) mass is 482 g/mol. The van der Waals surface area contributed by atoms with Gasteiger partial charge in [0.05, 0.1) is 0 Å². The Morgan fingerprint density at radius 3 is 2.39 bits per heavy atom. The van der Waals surface area contributed by atoms with Gasteiger partial charge in [0, 0.05) is 6.42 Å². The van der Waals surface area contributed by atoms with Gasteiger partial charge in [-0.2, -0.15) is 0 Å². The molecule has 1 fully saturated rings. The largest absolute Gasteiger partial charge is 0.479 e. The van der Waals surface area contributed by atoms with Crippen LogP contribution < -0.4 is 11.1 Å². The molecule has 9 heteroatoms. The number of hydrogen-bond donors (Lipinski definition) is 4. The highest BCUT2D eigenvalue weighted by molar-refractivity contribution is 7.54. The van der Waals surface area contributed by atoms with Crippen molar-refractivity contribution in [2.24, 2.45) is 11.7 Å². The maximum atomic E-state index is 13.6. The molecule has 0 aliphatic heterocycles. The van der Waals surface area contributed by atoms with Crippen LogP contribution in [0.4, 0.5) is 0 Å². The Hall–Kier alpha value is -1.73. The van der Waals surface area contributed by atoms with E-state index in [4.69, 9.17) is 10.3 Å². The molecule has 0 aromatic heterocycles. The van der Waals surface area contributed by atoms with Crippen LogP contribution in [0.2, 0.25) is 0 Å². The summed E-state index contributed by atoms with van der Waals surface area (Å²) in [6.07, 6.45) is 5.56. The van der Waals surface area contributed by atoms with E-state index in [1.807, 2.05) is 30.3 Å². The van der Waals surface area contributed by atoms with Crippen molar-refractivity contribution < 1.29 is 28.7 Å². The second-order valence-electron chi connectivity index (χ2n) is 9.11. The molecule has 3 atom stereocenters. The number of nitrogens with two attached hydrogens (primary N) is 1. The number of carboxylic acids is 1. The molecule has 1 aliphatic carbocycles. The standard InChI is InChI=1S/C24H39N2O6P/c1-24(20-13-7-2-3-8-14-20,26-22(27)17-16-19-11-5-4-6-12-19)33(30,31)32-21(23(28)29)15-9-10-18-25/h4-6,11-12,20-21H,2-3,7-10,13-18,25H2,1H3,(H,26,27)(H,28,29)(H,30,31)/t21-,24?/m0/s1. The number of carbonyl (C=O) groups is 2. The lowest BCUT2D eigenvalue weighted by molar-refractivity contribution is -0.146. The Kier molecular flexibility index (Phi) is 11.0. The number of hydrogen-bond acceptors (Lipinski definition) is 5. The Balaban J connectivity index is 2.21. The lowest BCUT2D eigenvalue weighted by Gasteiger charge is -2.41. The van der Waals surface area contributed by atoms with Gasteiger partial charge >= 0.3 is 13.6 Å². The zero-order chi connectivity index (χ0) is 24.3. The van der Waals surface area contributed by atoms with E-state index in [-0.39, 0.29) is 24.7 Å². The molecule has 33 heavy (non-hydrogen) atoms. The zero-order valence-electron chi connectivity index (χ0n) is 19.6.